The number of aliphatic carboxylic acids is 1. The number of amides is 2. The minimum absolute atomic E-state index is 0.118. The van der Waals surface area contributed by atoms with Crippen LogP contribution in [0.25, 0.3) is 0 Å². The molecule has 0 aliphatic heterocycles. The average molecular weight is 245 g/mol. The summed E-state index contributed by atoms with van der Waals surface area (Å²) < 4.78 is 3.48. The summed E-state index contributed by atoms with van der Waals surface area (Å²) in [7, 11) is 1.50. The first-order valence-corrected chi connectivity index (χ1v) is 5.18. The van der Waals surface area contributed by atoms with Gasteiger partial charge in [-0.2, -0.15) is 0 Å². The molecule has 0 radical (unpaired) electrons. The highest BCUT2D eigenvalue weighted by molar-refractivity contribution is 7.09. The Labute approximate surface area is 95.4 Å². The van der Waals surface area contributed by atoms with Crippen LogP contribution in [0.15, 0.2) is 0 Å². The van der Waals surface area contributed by atoms with Crippen LogP contribution >= 0.6 is 11.5 Å². The van der Waals surface area contributed by atoms with Gasteiger partial charge < -0.3 is 10.0 Å². The molecule has 1 heterocycles. The summed E-state index contributed by atoms with van der Waals surface area (Å²) in [6.07, 6.45) is 0. The van der Waals surface area contributed by atoms with Crippen LogP contribution in [0.5, 0.6) is 0 Å². The minimum atomic E-state index is -0.947. The first-order valence-electron chi connectivity index (χ1n) is 4.40. The van der Waals surface area contributed by atoms with Crippen molar-refractivity contribution in [1.29, 1.82) is 0 Å². The van der Waals surface area contributed by atoms with Crippen LogP contribution in [0, 0.1) is 5.92 Å². The second kappa shape index (κ2) is 5.35. The molecule has 0 spiro atoms. The van der Waals surface area contributed by atoms with Crippen LogP contribution in [0.3, 0.4) is 0 Å². The summed E-state index contributed by atoms with van der Waals surface area (Å²) in [6, 6.07) is -0.438. The monoisotopic (exact) mass is 245 g/mol. The SMILES string of the molecule is CC(CN(C)C(=O)Nc1nnns1)C(=O)O. The smallest absolute Gasteiger partial charge is 0.323 e. The molecule has 1 aromatic heterocycles. The van der Waals surface area contributed by atoms with E-state index in [2.05, 4.69) is 20.1 Å². The fraction of sp³-hybridized carbons (Fsp3) is 0.571. The zero-order valence-corrected chi connectivity index (χ0v) is 9.56. The van der Waals surface area contributed by atoms with Crippen molar-refractivity contribution < 1.29 is 14.7 Å². The van der Waals surface area contributed by atoms with Crippen molar-refractivity contribution in [3.05, 3.63) is 0 Å². The largest absolute Gasteiger partial charge is 0.481 e. The summed E-state index contributed by atoms with van der Waals surface area (Å²) in [5, 5.41) is 18.3. The normalized spacial score (nSPS) is 11.9. The number of carboxylic acids is 1. The molecule has 0 aromatic carbocycles. The van der Waals surface area contributed by atoms with Gasteiger partial charge >= 0.3 is 12.0 Å². The van der Waals surface area contributed by atoms with Gasteiger partial charge in [0.25, 0.3) is 0 Å². The topological polar surface area (TPSA) is 108 Å². The third kappa shape index (κ3) is 3.42. The lowest BCUT2D eigenvalue weighted by atomic mass is 10.2. The molecule has 1 atom stereocenters. The maximum absolute atomic E-state index is 11.5. The molecule has 2 amide bonds. The fourth-order valence-electron chi connectivity index (χ4n) is 0.941. The predicted octanol–water partition coefficient (Wildman–Crippen LogP) is 0.117. The zero-order valence-electron chi connectivity index (χ0n) is 8.75. The van der Waals surface area contributed by atoms with Crippen molar-refractivity contribution in [3.8, 4) is 0 Å². The van der Waals surface area contributed by atoms with Crippen molar-refractivity contribution in [2.75, 3.05) is 18.9 Å². The van der Waals surface area contributed by atoms with Crippen molar-refractivity contribution in [1.82, 2.24) is 19.7 Å². The Morgan fingerprint density at radius 3 is 2.81 bits per heavy atom. The Hall–Kier alpha value is -1.77. The van der Waals surface area contributed by atoms with Crippen molar-refractivity contribution in [2.24, 2.45) is 5.92 Å². The van der Waals surface area contributed by atoms with E-state index in [-0.39, 0.29) is 11.7 Å². The lowest BCUT2D eigenvalue weighted by Crippen LogP contribution is -2.36. The molecule has 0 aliphatic rings. The Morgan fingerprint density at radius 2 is 2.31 bits per heavy atom. The van der Waals surface area contributed by atoms with Crippen molar-refractivity contribution >= 4 is 28.7 Å². The summed E-state index contributed by atoms with van der Waals surface area (Å²) in [4.78, 5) is 23.4. The molecule has 1 rings (SSSR count). The van der Waals surface area contributed by atoms with Crippen LogP contribution in [0.2, 0.25) is 0 Å². The minimum Gasteiger partial charge on any atom is -0.481 e. The molecule has 8 nitrogen and oxygen atoms in total. The Balaban J connectivity index is 2.45. The third-order valence-corrected chi connectivity index (χ3v) is 2.34. The number of rotatable bonds is 4. The summed E-state index contributed by atoms with van der Waals surface area (Å²) in [5.41, 5.74) is 0. The Bertz CT molecular complexity index is 368. The van der Waals surface area contributed by atoms with Gasteiger partial charge in [0.1, 0.15) is 0 Å². The number of carbonyl (C=O) groups is 2. The second-order valence-corrected chi connectivity index (χ2v) is 3.95. The first kappa shape index (κ1) is 12.3. The maximum Gasteiger partial charge on any atom is 0.323 e. The van der Waals surface area contributed by atoms with Gasteiger partial charge in [-0.1, -0.05) is 16.5 Å². The Morgan fingerprint density at radius 1 is 1.62 bits per heavy atom. The second-order valence-electron chi connectivity index (χ2n) is 3.22. The molecular weight excluding hydrogens is 234 g/mol. The summed E-state index contributed by atoms with van der Waals surface area (Å²) in [5.74, 6) is -1.57. The highest BCUT2D eigenvalue weighted by atomic mass is 32.1. The zero-order chi connectivity index (χ0) is 12.1. The van der Waals surface area contributed by atoms with Gasteiger partial charge in [0.15, 0.2) is 0 Å². The standard InChI is InChI=1S/C7H11N5O3S/c1-4(5(13)14)3-12(2)7(15)8-6-9-10-11-16-6/h4H,3H2,1-2H3,(H,13,14)(H,8,9,11,15). The van der Waals surface area contributed by atoms with Gasteiger partial charge in [-0.25, -0.2) is 4.79 Å². The Kier molecular flexibility index (Phi) is 4.11. The van der Waals surface area contributed by atoms with Crippen LogP contribution in [0.1, 0.15) is 6.92 Å². The molecule has 0 aliphatic carbocycles. The number of carbonyl (C=O) groups excluding carboxylic acids is 1. The van der Waals surface area contributed by atoms with Crippen molar-refractivity contribution in [2.45, 2.75) is 6.92 Å². The molecule has 0 saturated carbocycles. The average Bonchev–Trinajstić information content (AvgIpc) is 2.69. The number of nitrogens with zero attached hydrogens (tertiary/aromatic N) is 4. The lowest BCUT2D eigenvalue weighted by molar-refractivity contribution is -0.141. The molecule has 16 heavy (non-hydrogen) atoms. The highest BCUT2D eigenvalue weighted by Gasteiger charge is 2.17. The number of hydrogen-bond donors (Lipinski definition) is 2. The number of hydrogen-bond acceptors (Lipinski definition) is 6. The summed E-state index contributed by atoms with van der Waals surface area (Å²) in [6.45, 7) is 1.64. The predicted molar refractivity (Wildman–Crippen MR) is 56.2 cm³/mol. The molecule has 9 heteroatoms. The van der Waals surface area contributed by atoms with E-state index < -0.39 is 17.9 Å². The number of nitrogens with one attached hydrogen (secondary N) is 1. The highest BCUT2D eigenvalue weighted by Crippen LogP contribution is 2.06. The molecular formula is C7H11N5O3S. The van der Waals surface area contributed by atoms with Crippen LogP contribution in [-0.4, -0.2) is 50.4 Å². The van der Waals surface area contributed by atoms with E-state index in [0.29, 0.717) is 0 Å². The lowest BCUT2D eigenvalue weighted by Gasteiger charge is -2.18. The van der Waals surface area contributed by atoms with Gasteiger partial charge in [0, 0.05) is 25.1 Å². The van der Waals surface area contributed by atoms with E-state index in [1.807, 2.05) is 0 Å². The maximum atomic E-state index is 11.5. The van der Waals surface area contributed by atoms with E-state index in [0.717, 1.165) is 11.5 Å². The van der Waals surface area contributed by atoms with Crippen LogP contribution in [0.4, 0.5) is 9.93 Å². The first-order chi connectivity index (χ1) is 7.50. The molecule has 0 fully saturated rings. The molecule has 88 valence electrons. The van der Waals surface area contributed by atoms with E-state index in [1.165, 1.54) is 18.9 Å². The van der Waals surface area contributed by atoms with E-state index in [1.54, 1.807) is 0 Å². The molecule has 1 aromatic rings. The molecule has 0 bridgehead atoms. The van der Waals surface area contributed by atoms with Gasteiger partial charge in [0.05, 0.1) is 5.92 Å². The van der Waals surface area contributed by atoms with Gasteiger partial charge in [-0.3, -0.25) is 10.1 Å². The van der Waals surface area contributed by atoms with Crippen molar-refractivity contribution in [3.63, 3.8) is 0 Å². The van der Waals surface area contributed by atoms with E-state index in [9.17, 15) is 9.59 Å². The summed E-state index contributed by atoms with van der Waals surface area (Å²) >= 11 is 0.947. The quantitative estimate of drug-likeness (QED) is 0.779. The number of anilines is 1. The van der Waals surface area contributed by atoms with Crippen LogP contribution in [-0.2, 0) is 4.79 Å². The molecule has 2 N–H and O–H groups in total. The van der Waals surface area contributed by atoms with Crippen LogP contribution < -0.4 is 5.32 Å². The molecule has 1 unspecified atom stereocenters. The molecule has 0 saturated heterocycles. The van der Waals surface area contributed by atoms with Gasteiger partial charge in [-0.15, -0.1) is 0 Å². The number of urea groups is 1. The van der Waals surface area contributed by atoms with E-state index >= 15 is 0 Å². The van der Waals surface area contributed by atoms with Gasteiger partial charge in [0.2, 0.25) is 5.13 Å². The number of carboxylic acid groups (broad SMARTS) is 1. The number of aromatic nitrogens is 3. The van der Waals surface area contributed by atoms with E-state index in [4.69, 9.17) is 5.11 Å². The van der Waals surface area contributed by atoms with Gasteiger partial charge in [-0.05, 0) is 5.21 Å². The fourth-order valence-corrected chi connectivity index (χ4v) is 1.30. The third-order valence-electron chi connectivity index (χ3n) is 1.83.